The Hall–Kier alpha value is -1.44. The van der Waals surface area contributed by atoms with Crippen molar-refractivity contribution in [1.29, 1.82) is 0 Å². The fourth-order valence-electron chi connectivity index (χ4n) is 2.32. The molecule has 0 aliphatic carbocycles. The van der Waals surface area contributed by atoms with Crippen molar-refractivity contribution < 1.29 is 4.39 Å². The van der Waals surface area contributed by atoms with Gasteiger partial charge >= 0.3 is 0 Å². The minimum Gasteiger partial charge on any atom is -0.366 e. The lowest BCUT2D eigenvalue weighted by Gasteiger charge is -2.36. The number of aromatic nitrogens is 2. The van der Waals surface area contributed by atoms with Crippen molar-refractivity contribution in [2.24, 2.45) is 0 Å². The fourth-order valence-corrected chi connectivity index (χ4v) is 2.60. The van der Waals surface area contributed by atoms with E-state index in [9.17, 15) is 4.39 Å². The number of anilines is 2. The van der Waals surface area contributed by atoms with Gasteiger partial charge in [-0.1, -0.05) is 12.1 Å². The van der Waals surface area contributed by atoms with Crippen molar-refractivity contribution in [3.05, 3.63) is 46.0 Å². The highest BCUT2D eigenvalue weighted by atomic mass is 127. The van der Waals surface area contributed by atoms with Gasteiger partial charge in [0, 0.05) is 42.1 Å². The SMILES string of the molecule is Fc1ccccc1N1CCN(c2ncc(I)cn2)CC1. The van der Waals surface area contributed by atoms with Gasteiger partial charge < -0.3 is 9.80 Å². The maximum Gasteiger partial charge on any atom is 0.225 e. The van der Waals surface area contributed by atoms with Gasteiger partial charge in [-0.3, -0.25) is 0 Å². The molecule has 1 aliphatic heterocycles. The monoisotopic (exact) mass is 384 g/mol. The Morgan fingerprint density at radius 1 is 0.950 bits per heavy atom. The predicted octanol–water partition coefficient (Wildman–Crippen LogP) is 2.55. The van der Waals surface area contributed by atoms with Crippen LogP contribution in [0.4, 0.5) is 16.0 Å². The van der Waals surface area contributed by atoms with Gasteiger partial charge in [-0.05, 0) is 34.7 Å². The van der Waals surface area contributed by atoms with Crippen LogP contribution in [-0.4, -0.2) is 36.1 Å². The standard InChI is InChI=1S/C14H14FIN4/c15-12-3-1-2-4-13(12)19-5-7-20(8-6-19)14-17-9-11(16)10-18-14/h1-4,9-10H,5-8H2. The second-order valence-electron chi connectivity index (χ2n) is 4.63. The first-order valence-corrected chi connectivity index (χ1v) is 7.54. The average Bonchev–Trinajstić information content (AvgIpc) is 2.49. The molecule has 1 aromatic carbocycles. The molecule has 0 N–H and O–H groups in total. The van der Waals surface area contributed by atoms with Crippen LogP contribution in [0.1, 0.15) is 0 Å². The number of nitrogens with zero attached hydrogens (tertiary/aromatic N) is 4. The lowest BCUT2D eigenvalue weighted by molar-refractivity contribution is 0.594. The first kappa shape index (κ1) is 13.5. The number of halogens is 2. The summed E-state index contributed by atoms with van der Waals surface area (Å²) >= 11 is 2.19. The number of hydrogen-bond donors (Lipinski definition) is 0. The minimum atomic E-state index is -0.161. The third-order valence-electron chi connectivity index (χ3n) is 3.36. The smallest absolute Gasteiger partial charge is 0.225 e. The lowest BCUT2D eigenvalue weighted by Crippen LogP contribution is -2.47. The molecule has 1 aromatic heterocycles. The van der Waals surface area contributed by atoms with Crippen molar-refractivity contribution in [2.45, 2.75) is 0 Å². The van der Waals surface area contributed by atoms with Gasteiger partial charge in [0.05, 0.1) is 5.69 Å². The molecule has 2 aromatic rings. The normalized spacial score (nSPS) is 15.5. The molecule has 4 nitrogen and oxygen atoms in total. The number of para-hydroxylation sites is 1. The number of piperazine rings is 1. The summed E-state index contributed by atoms with van der Waals surface area (Å²) in [5, 5.41) is 0. The highest BCUT2D eigenvalue weighted by Crippen LogP contribution is 2.21. The highest BCUT2D eigenvalue weighted by molar-refractivity contribution is 14.1. The van der Waals surface area contributed by atoms with Crippen LogP contribution in [-0.2, 0) is 0 Å². The molecule has 3 rings (SSSR count). The minimum absolute atomic E-state index is 0.161. The van der Waals surface area contributed by atoms with Crippen LogP contribution in [0.15, 0.2) is 36.7 Å². The molecule has 1 saturated heterocycles. The quantitative estimate of drug-likeness (QED) is 0.746. The van der Waals surface area contributed by atoms with Crippen molar-refractivity contribution >= 4 is 34.2 Å². The molecule has 0 saturated carbocycles. The fraction of sp³-hybridized carbons (Fsp3) is 0.286. The van der Waals surface area contributed by atoms with Gasteiger partial charge in [0.15, 0.2) is 0 Å². The maximum atomic E-state index is 13.8. The molecule has 1 aliphatic rings. The summed E-state index contributed by atoms with van der Waals surface area (Å²) in [5.74, 6) is 0.588. The van der Waals surface area contributed by atoms with E-state index in [4.69, 9.17) is 0 Å². The van der Waals surface area contributed by atoms with E-state index in [1.165, 1.54) is 6.07 Å². The summed E-state index contributed by atoms with van der Waals surface area (Å²) in [4.78, 5) is 12.9. The molecule has 1 fully saturated rings. The van der Waals surface area contributed by atoms with Crippen LogP contribution < -0.4 is 9.80 Å². The average molecular weight is 384 g/mol. The molecular formula is C14H14FIN4. The topological polar surface area (TPSA) is 32.3 Å². The molecule has 0 radical (unpaired) electrons. The Balaban J connectivity index is 1.68. The number of rotatable bonds is 2. The second-order valence-corrected chi connectivity index (χ2v) is 5.87. The van der Waals surface area contributed by atoms with Gasteiger partial charge in [-0.2, -0.15) is 0 Å². The van der Waals surface area contributed by atoms with Gasteiger partial charge in [-0.25, -0.2) is 14.4 Å². The van der Waals surface area contributed by atoms with E-state index < -0.39 is 0 Å². The molecule has 6 heteroatoms. The van der Waals surface area contributed by atoms with E-state index in [2.05, 4.69) is 42.4 Å². The molecule has 0 spiro atoms. The van der Waals surface area contributed by atoms with E-state index in [1.807, 2.05) is 24.5 Å². The van der Waals surface area contributed by atoms with Crippen molar-refractivity contribution in [3.63, 3.8) is 0 Å². The predicted molar refractivity (Wildman–Crippen MR) is 85.6 cm³/mol. The van der Waals surface area contributed by atoms with Crippen molar-refractivity contribution in [1.82, 2.24) is 9.97 Å². The van der Waals surface area contributed by atoms with Gasteiger partial charge in [0.25, 0.3) is 0 Å². The zero-order valence-electron chi connectivity index (χ0n) is 10.8. The summed E-state index contributed by atoms with van der Waals surface area (Å²) in [6, 6.07) is 6.91. The summed E-state index contributed by atoms with van der Waals surface area (Å²) in [7, 11) is 0. The summed E-state index contributed by atoms with van der Waals surface area (Å²) in [5.41, 5.74) is 0.677. The molecular weight excluding hydrogens is 370 g/mol. The second kappa shape index (κ2) is 5.90. The summed E-state index contributed by atoms with van der Waals surface area (Å²) in [6.45, 7) is 3.15. The number of benzene rings is 1. The van der Waals surface area contributed by atoms with Gasteiger partial charge in [0.1, 0.15) is 5.82 Å². The maximum absolute atomic E-state index is 13.8. The van der Waals surface area contributed by atoms with Crippen LogP contribution in [0.25, 0.3) is 0 Å². The highest BCUT2D eigenvalue weighted by Gasteiger charge is 2.20. The van der Waals surface area contributed by atoms with Crippen LogP contribution in [0, 0.1) is 9.39 Å². The summed E-state index contributed by atoms with van der Waals surface area (Å²) < 4.78 is 14.8. The zero-order valence-corrected chi connectivity index (χ0v) is 13.0. The molecule has 104 valence electrons. The Labute approximate surface area is 130 Å². The van der Waals surface area contributed by atoms with E-state index in [-0.39, 0.29) is 5.82 Å². The van der Waals surface area contributed by atoms with Crippen molar-refractivity contribution in [3.8, 4) is 0 Å². The Morgan fingerprint density at radius 3 is 2.20 bits per heavy atom. The molecule has 0 unspecified atom stereocenters. The molecule has 20 heavy (non-hydrogen) atoms. The largest absolute Gasteiger partial charge is 0.366 e. The number of hydrogen-bond acceptors (Lipinski definition) is 4. The van der Waals surface area contributed by atoms with E-state index in [0.29, 0.717) is 5.69 Å². The van der Waals surface area contributed by atoms with E-state index in [0.717, 1.165) is 35.7 Å². The summed E-state index contributed by atoms with van der Waals surface area (Å²) in [6.07, 6.45) is 3.62. The van der Waals surface area contributed by atoms with E-state index >= 15 is 0 Å². The molecule has 2 heterocycles. The van der Waals surface area contributed by atoms with Crippen LogP contribution in [0.3, 0.4) is 0 Å². The Morgan fingerprint density at radius 2 is 1.55 bits per heavy atom. The third kappa shape index (κ3) is 2.84. The Bertz CT molecular complexity index is 582. The third-order valence-corrected chi connectivity index (χ3v) is 3.92. The first-order chi connectivity index (χ1) is 9.74. The molecule has 0 bridgehead atoms. The van der Waals surface area contributed by atoms with Crippen LogP contribution >= 0.6 is 22.6 Å². The molecule has 0 amide bonds. The zero-order chi connectivity index (χ0) is 13.9. The van der Waals surface area contributed by atoms with Gasteiger partial charge in [0.2, 0.25) is 5.95 Å². The van der Waals surface area contributed by atoms with E-state index in [1.54, 1.807) is 6.07 Å². The van der Waals surface area contributed by atoms with Gasteiger partial charge in [-0.15, -0.1) is 0 Å². The first-order valence-electron chi connectivity index (χ1n) is 6.46. The van der Waals surface area contributed by atoms with Crippen molar-refractivity contribution in [2.75, 3.05) is 36.0 Å². The van der Waals surface area contributed by atoms with Crippen LogP contribution in [0.5, 0.6) is 0 Å². The Kier molecular flexibility index (Phi) is 4.00. The lowest BCUT2D eigenvalue weighted by atomic mass is 10.2. The van der Waals surface area contributed by atoms with Crippen LogP contribution in [0.2, 0.25) is 0 Å². The molecule has 0 atom stereocenters.